The van der Waals surface area contributed by atoms with Crippen molar-refractivity contribution in [3.63, 3.8) is 0 Å². The van der Waals surface area contributed by atoms with Crippen molar-refractivity contribution in [1.29, 1.82) is 0 Å². The molecule has 2 aromatic rings. The Hall–Kier alpha value is -2.26. The molecule has 1 saturated carbocycles. The maximum Gasteiger partial charge on any atom is 0.229 e. The van der Waals surface area contributed by atoms with Gasteiger partial charge in [-0.1, -0.05) is 0 Å². The van der Waals surface area contributed by atoms with Crippen LogP contribution < -0.4 is 10.2 Å². The molecule has 1 amide bonds. The molecule has 194 valence electrons. The zero-order chi connectivity index (χ0) is 25.1. The zero-order valence-corrected chi connectivity index (χ0v) is 21.6. The van der Waals surface area contributed by atoms with E-state index >= 15 is 0 Å². The molecule has 2 N–H and O–H groups in total. The lowest BCUT2D eigenvalue weighted by Gasteiger charge is -2.49. The second-order valence-electron chi connectivity index (χ2n) is 11.7. The number of fused-ring (bicyclic) bond motifs is 1. The Morgan fingerprint density at radius 1 is 1.17 bits per heavy atom. The number of aliphatic hydroxyl groups is 1. The number of rotatable bonds is 4. The lowest BCUT2D eigenvalue weighted by atomic mass is 9.92. The number of hydrogen-bond acceptors (Lipinski definition) is 7. The first-order chi connectivity index (χ1) is 17.3. The van der Waals surface area contributed by atoms with Gasteiger partial charge in [-0.05, 0) is 74.6 Å². The van der Waals surface area contributed by atoms with Gasteiger partial charge < -0.3 is 24.8 Å². The highest BCUT2D eigenvalue weighted by molar-refractivity contribution is 5.97. The number of carbonyl (C=O) groups is 1. The molecule has 1 spiro atoms. The van der Waals surface area contributed by atoms with Crippen molar-refractivity contribution >= 4 is 28.2 Å². The van der Waals surface area contributed by atoms with Gasteiger partial charge in [0.25, 0.3) is 0 Å². The van der Waals surface area contributed by atoms with Crippen molar-refractivity contribution in [1.82, 2.24) is 9.88 Å². The molecule has 1 aliphatic carbocycles. The van der Waals surface area contributed by atoms with Gasteiger partial charge in [-0.25, -0.2) is 4.98 Å². The normalized spacial score (nSPS) is 32.2. The number of anilines is 2. The van der Waals surface area contributed by atoms with E-state index in [1.165, 1.54) is 11.3 Å². The molecular weight excluding hydrogens is 456 g/mol. The Kier molecular flexibility index (Phi) is 5.98. The van der Waals surface area contributed by atoms with Crippen LogP contribution in [0, 0.1) is 18.3 Å². The van der Waals surface area contributed by atoms with Crippen LogP contribution in [0.3, 0.4) is 0 Å². The summed E-state index contributed by atoms with van der Waals surface area (Å²) < 4.78 is 11.1. The summed E-state index contributed by atoms with van der Waals surface area (Å²) in [6.07, 6.45) is 4.34. The summed E-state index contributed by atoms with van der Waals surface area (Å²) in [4.78, 5) is 22.3. The Balaban J connectivity index is 1.18. The smallest absolute Gasteiger partial charge is 0.229 e. The minimum Gasteiger partial charge on any atom is -0.389 e. The molecule has 4 fully saturated rings. The lowest BCUT2D eigenvalue weighted by molar-refractivity contribution is -0.118. The van der Waals surface area contributed by atoms with Crippen molar-refractivity contribution in [3.8, 4) is 0 Å². The number of piperazine rings is 1. The highest BCUT2D eigenvalue weighted by atomic mass is 16.5. The molecule has 4 atom stereocenters. The molecule has 8 heteroatoms. The summed E-state index contributed by atoms with van der Waals surface area (Å²) in [7, 11) is 0. The van der Waals surface area contributed by atoms with Crippen LogP contribution in [0.25, 0.3) is 10.8 Å². The number of pyridine rings is 1. The molecular formula is C28H38N4O4. The highest BCUT2D eigenvalue weighted by Gasteiger charge is 2.58. The SMILES string of the molecule is Cc1cc2cnc(NC(=O)[C@@H]3CC34CCOCC4)cc2cc1N1CCN([C@]2(C)COC[C@@H]2O)[C@@H](C)C1. The quantitative estimate of drug-likeness (QED) is 0.676. The van der Waals surface area contributed by atoms with Crippen molar-refractivity contribution < 1.29 is 19.4 Å². The van der Waals surface area contributed by atoms with Gasteiger partial charge >= 0.3 is 0 Å². The first-order valence-electron chi connectivity index (χ1n) is 13.4. The van der Waals surface area contributed by atoms with E-state index in [4.69, 9.17) is 9.47 Å². The summed E-state index contributed by atoms with van der Waals surface area (Å²) in [5, 5.41) is 15.8. The molecule has 4 aliphatic rings. The molecule has 36 heavy (non-hydrogen) atoms. The van der Waals surface area contributed by atoms with E-state index in [9.17, 15) is 9.90 Å². The number of benzene rings is 1. The van der Waals surface area contributed by atoms with Crippen LogP contribution in [0.2, 0.25) is 0 Å². The molecule has 8 nitrogen and oxygen atoms in total. The topological polar surface area (TPSA) is 87.2 Å². The fraction of sp³-hybridized carbons (Fsp3) is 0.643. The van der Waals surface area contributed by atoms with Gasteiger partial charge in [0.1, 0.15) is 5.82 Å². The standard InChI is InChI=1S/C28H38N4O4/c1-18-10-21-14-29-25(30-26(34)22-13-28(22)4-8-35-9-5-28)12-20(21)11-23(18)31-6-7-32(19(2)15-31)27(3)17-36-16-24(27)33/h10-12,14,19,22,24,33H,4-9,13,15-17H2,1-3H3,(H,29,30,34)/t19-,22-,24-,27+/m0/s1. The van der Waals surface area contributed by atoms with Gasteiger partial charge in [0.05, 0.1) is 24.9 Å². The summed E-state index contributed by atoms with van der Waals surface area (Å²) in [5.41, 5.74) is 2.26. The van der Waals surface area contributed by atoms with E-state index in [0.717, 1.165) is 62.9 Å². The van der Waals surface area contributed by atoms with Crippen LogP contribution >= 0.6 is 0 Å². The molecule has 1 aromatic heterocycles. The number of aliphatic hydroxyl groups excluding tert-OH is 1. The van der Waals surface area contributed by atoms with Crippen molar-refractivity contribution in [2.24, 2.45) is 11.3 Å². The fourth-order valence-electron chi connectivity index (χ4n) is 6.83. The number of aromatic nitrogens is 1. The fourth-order valence-corrected chi connectivity index (χ4v) is 6.83. The number of amides is 1. The third-order valence-electron chi connectivity index (χ3n) is 9.29. The van der Waals surface area contributed by atoms with Crippen LogP contribution in [-0.2, 0) is 14.3 Å². The van der Waals surface area contributed by atoms with Gasteiger partial charge in [0.2, 0.25) is 5.91 Å². The zero-order valence-electron chi connectivity index (χ0n) is 21.6. The summed E-state index contributed by atoms with van der Waals surface area (Å²) in [5.74, 6) is 0.793. The molecule has 4 heterocycles. The van der Waals surface area contributed by atoms with Crippen LogP contribution in [0.4, 0.5) is 11.5 Å². The van der Waals surface area contributed by atoms with Crippen LogP contribution in [0.15, 0.2) is 24.4 Å². The van der Waals surface area contributed by atoms with Crippen LogP contribution in [0.1, 0.15) is 38.7 Å². The van der Waals surface area contributed by atoms with Gasteiger partial charge in [0.15, 0.2) is 0 Å². The first kappa shape index (κ1) is 24.1. The number of ether oxygens (including phenoxy) is 2. The first-order valence-corrected chi connectivity index (χ1v) is 13.4. The van der Waals surface area contributed by atoms with E-state index in [-0.39, 0.29) is 22.8 Å². The van der Waals surface area contributed by atoms with E-state index in [0.29, 0.717) is 25.1 Å². The highest BCUT2D eigenvalue weighted by Crippen LogP contribution is 2.59. The van der Waals surface area contributed by atoms with Gasteiger partial charge in [0, 0.05) is 62.1 Å². The van der Waals surface area contributed by atoms with Crippen LogP contribution in [0.5, 0.6) is 0 Å². The predicted molar refractivity (Wildman–Crippen MR) is 139 cm³/mol. The Bertz CT molecular complexity index is 1170. The minimum absolute atomic E-state index is 0.0795. The van der Waals surface area contributed by atoms with Crippen molar-refractivity contribution in [2.75, 3.05) is 56.3 Å². The van der Waals surface area contributed by atoms with E-state index in [2.05, 4.69) is 53.0 Å². The molecule has 3 aliphatic heterocycles. The van der Waals surface area contributed by atoms with Crippen molar-refractivity contribution in [2.45, 2.75) is 57.7 Å². The number of hydrogen-bond donors (Lipinski definition) is 2. The van der Waals surface area contributed by atoms with Crippen LogP contribution in [-0.4, -0.2) is 84.6 Å². The molecule has 3 saturated heterocycles. The summed E-state index contributed by atoms with van der Waals surface area (Å²) >= 11 is 0. The maximum atomic E-state index is 12.9. The molecule has 0 bridgehead atoms. The maximum absolute atomic E-state index is 12.9. The van der Waals surface area contributed by atoms with Gasteiger partial charge in [-0.3, -0.25) is 9.69 Å². The van der Waals surface area contributed by atoms with E-state index in [1.54, 1.807) is 0 Å². The predicted octanol–water partition coefficient (Wildman–Crippen LogP) is 2.96. The third kappa shape index (κ3) is 4.08. The summed E-state index contributed by atoms with van der Waals surface area (Å²) in [6, 6.07) is 6.71. The Morgan fingerprint density at radius 2 is 1.97 bits per heavy atom. The second-order valence-corrected chi connectivity index (χ2v) is 11.7. The number of carbonyl (C=O) groups excluding carboxylic acids is 1. The van der Waals surface area contributed by atoms with Gasteiger partial charge in [-0.15, -0.1) is 0 Å². The average Bonchev–Trinajstić information content (AvgIpc) is 3.44. The Morgan fingerprint density at radius 3 is 2.69 bits per heavy atom. The number of aryl methyl sites for hydroxylation is 1. The lowest BCUT2D eigenvalue weighted by Crippen LogP contribution is -2.64. The summed E-state index contributed by atoms with van der Waals surface area (Å²) in [6.45, 7) is 11.7. The second kappa shape index (κ2) is 8.94. The molecule has 1 aromatic carbocycles. The van der Waals surface area contributed by atoms with Crippen molar-refractivity contribution in [3.05, 3.63) is 30.0 Å². The van der Waals surface area contributed by atoms with E-state index in [1.807, 2.05) is 12.3 Å². The minimum atomic E-state index is -0.452. The third-order valence-corrected chi connectivity index (χ3v) is 9.29. The monoisotopic (exact) mass is 494 g/mol. The molecule has 0 unspecified atom stereocenters. The number of nitrogens with zero attached hydrogens (tertiary/aromatic N) is 3. The Labute approximate surface area is 212 Å². The van der Waals surface area contributed by atoms with E-state index < -0.39 is 6.10 Å². The molecule has 0 radical (unpaired) electrons. The van der Waals surface area contributed by atoms with Gasteiger partial charge in [-0.2, -0.15) is 0 Å². The largest absolute Gasteiger partial charge is 0.389 e. The molecule has 6 rings (SSSR count). The number of nitrogens with one attached hydrogen (secondary N) is 1. The average molecular weight is 495 g/mol.